The van der Waals surface area contributed by atoms with Crippen molar-refractivity contribution in [3.05, 3.63) is 66.0 Å². The summed E-state index contributed by atoms with van der Waals surface area (Å²) in [6, 6.07) is 16.6. The molecule has 0 bridgehead atoms. The molecule has 0 radical (unpaired) electrons. The fourth-order valence-electron chi connectivity index (χ4n) is 3.35. The maximum Gasteiger partial charge on any atom is 0.243 e. The van der Waals surface area contributed by atoms with Gasteiger partial charge in [-0.2, -0.15) is 9.57 Å². The first-order chi connectivity index (χ1) is 14.4. The van der Waals surface area contributed by atoms with Gasteiger partial charge in [0.2, 0.25) is 15.9 Å². The van der Waals surface area contributed by atoms with E-state index < -0.39 is 15.8 Å². The molecule has 30 heavy (non-hydrogen) atoms. The van der Waals surface area contributed by atoms with Crippen LogP contribution >= 0.6 is 0 Å². The molecule has 1 heterocycles. The van der Waals surface area contributed by atoms with Crippen LogP contribution in [0.1, 0.15) is 5.56 Å². The van der Waals surface area contributed by atoms with Crippen molar-refractivity contribution < 1.29 is 17.6 Å². The van der Waals surface area contributed by atoms with Crippen molar-refractivity contribution in [1.82, 2.24) is 14.1 Å². The number of amides is 1. The van der Waals surface area contributed by atoms with Crippen LogP contribution in [0.25, 0.3) is 0 Å². The number of nitriles is 1. The monoisotopic (exact) mass is 430 g/mol. The number of carbonyl (C=O) groups is 1. The third kappa shape index (κ3) is 5.42. The Morgan fingerprint density at radius 2 is 1.77 bits per heavy atom. The summed E-state index contributed by atoms with van der Waals surface area (Å²) in [5, 5.41) is 9.07. The molecule has 0 aromatic heterocycles. The lowest BCUT2D eigenvalue weighted by Gasteiger charge is -2.35. The second-order valence-corrected chi connectivity index (χ2v) is 8.97. The summed E-state index contributed by atoms with van der Waals surface area (Å²) in [6.07, 6.45) is 0. The molecule has 0 aliphatic carbocycles. The Bertz CT molecular complexity index is 1020. The molecule has 1 amide bonds. The van der Waals surface area contributed by atoms with Gasteiger partial charge in [0.25, 0.3) is 0 Å². The summed E-state index contributed by atoms with van der Waals surface area (Å²) in [4.78, 5) is 16.0. The summed E-state index contributed by atoms with van der Waals surface area (Å²) in [6.45, 7) is 1.46. The minimum Gasteiger partial charge on any atom is -0.339 e. The molecule has 1 saturated heterocycles. The second-order valence-electron chi connectivity index (χ2n) is 7.03. The fraction of sp³-hybridized carbons (Fsp3) is 0.333. The van der Waals surface area contributed by atoms with Gasteiger partial charge in [0.1, 0.15) is 5.82 Å². The molecule has 1 fully saturated rings. The van der Waals surface area contributed by atoms with Gasteiger partial charge in [-0.25, -0.2) is 12.8 Å². The third-order valence-corrected chi connectivity index (χ3v) is 6.82. The van der Waals surface area contributed by atoms with E-state index >= 15 is 0 Å². The molecule has 0 N–H and O–H groups in total. The van der Waals surface area contributed by atoms with Gasteiger partial charge in [0, 0.05) is 32.7 Å². The molecule has 1 aliphatic heterocycles. The van der Waals surface area contributed by atoms with Crippen LogP contribution in [-0.2, 0) is 21.4 Å². The molecule has 0 atom stereocenters. The van der Waals surface area contributed by atoms with Crippen molar-refractivity contribution in [2.75, 3.05) is 39.3 Å². The van der Waals surface area contributed by atoms with Gasteiger partial charge >= 0.3 is 0 Å². The molecule has 1 aliphatic rings. The topological polar surface area (TPSA) is 84.7 Å². The fourth-order valence-corrected chi connectivity index (χ4v) is 4.81. The average Bonchev–Trinajstić information content (AvgIpc) is 2.74. The van der Waals surface area contributed by atoms with E-state index in [0.717, 1.165) is 11.6 Å². The average molecular weight is 431 g/mol. The van der Waals surface area contributed by atoms with E-state index in [9.17, 15) is 17.6 Å². The van der Waals surface area contributed by atoms with Crippen LogP contribution in [0.4, 0.5) is 4.39 Å². The number of nitrogens with zero attached hydrogens (tertiary/aromatic N) is 4. The first-order valence-electron chi connectivity index (χ1n) is 9.57. The van der Waals surface area contributed by atoms with Crippen molar-refractivity contribution in [2.45, 2.75) is 11.4 Å². The lowest BCUT2D eigenvalue weighted by atomic mass is 10.2. The molecular weight excluding hydrogens is 407 g/mol. The minimum atomic E-state index is -3.80. The zero-order chi connectivity index (χ0) is 21.6. The largest absolute Gasteiger partial charge is 0.339 e. The normalized spacial score (nSPS) is 15.2. The molecular formula is C21H23FN4O3S. The molecule has 158 valence electrons. The highest BCUT2D eigenvalue weighted by Gasteiger charge is 2.30. The van der Waals surface area contributed by atoms with Gasteiger partial charge in [-0.1, -0.05) is 36.4 Å². The number of halogens is 1. The Balaban J connectivity index is 1.58. The van der Waals surface area contributed by atoms with Gasteiger partial charge in [-0.3, -0.25) is 9.69 Å². The maximum atomic E-state index is 13.4. The molecule has 0 unspecified atom stereocenters. The molecule has 3 rings (SSSR count). The summed E-state index contributed by atoms with van der Waals surface area (Å²) >= 11 is 0. The van der Waals surface area contributed by atoms with Crippen molar-refractivity contribution in [3.63, 3.8) is 0 Å². The van der Waals surface area contributed by atoms with Crippen molar-refractivity contribution >= 4 is 15.9 Å². The maximum absolute atomic E-state index is 13.4. The van der Waals surface area contributed by atoms with Gasteiger partial charge in [0.15, 0.2) is 0 Å². The number of benzene rings is 2. The summed E-state index contributed by atoms with van der Waals surface area (Å²) in [5.41, 5.74) is 1.01. The smallest absolute Gasteiger partial charge is 0.243 e. The zero-order valence-electron chi connectivity index (χ0n) is 16.4. The Morgan fingerprint density at radius 1 is 1.07 bits per heavy atom. The van der Waals surface area contributed by atoms with Gasteiger partial charge in [-0.15, -0.1) is 0 Å². The second kappa shape index (κ2) is 9.80. The molecule has 0 spiro atoms. The number of piperazine rings is 1. The highest BCUT2D eigenvalue weighted by Crippen LogP contribution is 2.18. The molecule has 7 nitrogen and oxygen atoms in total. The Hall–Kier alpha value is -2.80. The third-order valence-electron chi connectivity index (χ3n) is 4.93. The minimum absolute atomic E-state index is 0.0824. The highest BCUT2D eigenvalue weighted by atomic mass is 32.2. The lowest BCUT2D eigenvalue weighted by molar-refractivity contribution is -0.133. The Labute approximate surface area is 176 Å². The van der Waals surface area contributed by atoms with Crippen LogP contribution in [0, 0.1) is 17.1 Å². The predicted molar refractivity (Wildman–Crippen MR) is 109 cm³/mol. The van der Waals surface area contributed by atoms with E-state index in [2.05, 4.69) is 6.07 Å². The quantitative estimate of drug-likeness (QED) is 0.624. The van der Waals surface area contributed by atoms with E-state index in [0.29, 0.717) is 6.54 Å². The van der Waals surface area contributed by atoms with Gasteiger partial charge < -0.3 is 4.90 Å². The summed E-state index contributed by atoms with van der Waals surface area (Å²) in [5.74, 6) is -0.759. The van der Waals surface area contributed by atoms with E-state index in [1.54, 1.807) is 9.80 Å². The number of hydrogen-bond donors (Lipinski definition) is 0. The van der Waals surface area contributed by atoms with E-state index in [1.807, 2.05) is 30.3 Å². The summed E-state index contributed by atoms with van der Waals surface area (Å²) in [7, 11) is -3.80. The van der Waals surface area contributed by atoms with Crippen LogP contribution in [0.5, 0.6) is 0 Å². The van der Waals surface area contributed by atoms with Crippen LogP contribution in [0.2, 0.25) is 0 Å². The number of rotatable bonds is 7. The Kier molecular flexibility index (Phi) is 7.15. The highest BCUT2D eigenvalue weighted by molar-refractivity contribution is 7.89. The first-order valence-corrected chi connectivity index (χ1v) is 11.0. The number of hydrogen-bond acceptors (Lipinski definition) is 5. The number of carbonyl (C=O) groups excluding carboxylic acids is 1. The van der Waals surface area contributed by atoms with Crippen molar-refractivity contribution in [1.29, 1.82) is 5.26 Å². The van der Waals surface area contributed by atoms with Crippen molar-refractivity contribution in [2.24, 2.45) is 0 Å². The number of sulfonamides is 1. The van der Waals surface area contributed by atoms with Crippen LogP contribution in [-0.4, -0.2) is 67.7 Å². The van der Waals surface area contributed by atoms with Gasteiger partial charge in [0.05, 0.1) is 24.1 Å². The first kappa shape index (κ1) is 21.9. The molecule has 2 aromatic rings. The molecule has 0 saturated carbocycles. The van der Waals surface area contributed by atoms with E-state index in [-0.39, 0.29) is 50.1 Å². The standard InChI is InChI=1S/C21H23FN4O3S/c22-19-7-4-8-20(15-19)30(28,29)26-13-11-25(12-14-26)21(27)17-24(10-9-23)16-18-5-2-1-3-6-18/h1-8,15H,10-14,16-17H2. The summed E-state index contributed by atoms with van der Waals surface area (Å²) < 4.78 is 40.1. The lowest BCUT2D eigenvalue weighted by Crippen LogP contribution is -2.52. The predicted octanol–water partition coefficient (Wildman–Crippen LogP) is 1.68. The van der Waals surface area contributed by atoms with Crippen molar-refractivity contribution in [3.8, 4) is 6.07 Å². The van der Waals surface area contributed by atoms with Crippen LogP contribution in [0.15, 0.2) is 59.5 Å². The SMILES string of the molecule is N#CCN(CC(=O)N1CCN(S(=O)(=O)c2cccc(F)c2)CC1)Cc1ccccc1. The van der Waals surface area contributed by atoms with Crippen LogP contribution in [0.3, 0.4) is 0 Å². The molecule has 2 aromatic carbocycles. The van der Waals surface area contributed by atoms with Crippen LogP contribution < -0.4 is 0 Å². The van der Waals surface area contributed by atoms with E-state index in [1.165, 1.54) is 22.5 Å². The zero-order valence-corrected chi connectivity index (χ0v) is 17.3. The van der Waals surface area contributed by atoms with E-state index in [4.69, 9.17) is 5.26 Å². The molecule has 9 heteroatoms. The Morgan fingerprint density at radius 3 is 2.40 bits per heavy atom. The van der Waals surface area contributed by atoms with Gasteiger partial charge in [-0.05, 0) is 23.8 Å².